The molecule has 7 atom stereocenters. The zero-order chi connectivity index (χ0) is 42.3. The molecule has 1 aliphatic heterocycles. The predicted molar refractivity (Wildman–Crippen MR) is 240 cm³/mol. The van der Waals surface area contributed by atoms with E-state index in [1.165, 1.54) is 154 Å². The second-order valence-electron chi connectivity index (χ2n) is 17.3. The van der Waals surface area contributed by atoms with Crippen LogP contribution in [0, 0.1) is 0 Å². The maximum absolute atomic E-state index is 12.9. The van der Waals surface area contributed by atoms with Crippen molar-refractivity contribution in [3.05, 3.63) is 24.3 Å². The summed E-state index contributed by atoms with van der Waals surface area (Å²) in [6.45, 7) is 3.79. The Morgan fingerprint density at radius 3 is 1.48 bits per heavy atom. The summed E-state index contributed by atoms with van der Waals surface area (Å²) in [7, 11) is 0. The van der Waals surface area contributed by atoms with E-state index >= 15 is 0 Å². The summed E-state index contributed by atoms with van der Waals surface area (Å²) in [4.78, 5) is 12.9. The van der Waals surface area contributed by atoms with E-state index in [0.29, 0.717) is 12.8 Å². The number of allylic oxidation sites excluding steroid dienone is 4. The van der Waals surface area contributed by atoms with Crippen molar-refractivity contribution in [2.45, 2.75) is 269 Å². The van der Waals surface area contributed by atoms with E-state index < -0.39 is 49.5 Å². The summed E-state index contributed by atoms with van der Waals surface area (Å²) < 4.78 is 11.2. The Morgan fingerprint density at radius 1 is 0.586 bits per heavy atom. The van der Waals surface area contributed by atoms with Crippen LogP contribution in [-0.4, -0.2) is 87.5 Å². The minimum atomic E-state index is -1.55. The molecule has 342 valence electrons. The minimum Gasteiger partial charge on any atom is -0.394 e. The van der Waals surface area contributed by atoms with Crippen molar-refractivity contribution in [1.29, 1.82) is 0 Å². The lowest BCUT2D eigenvalue weighted by atomic mass is 9.99. The van der Waals surface area contributed by atoms with Crippen LogP contribution in [-0.2, 0) is 14.3 Å². The molecule has 0 saturated carbocycles. The Balaban J connectivity index is 2.13. The summed E-state index contributed by atoms with van der Waals surface area (Å²) >= 11 is 0. The fraction of sp³-hybridized carbons (Fsp3) is 0.898. The van der Waals surface area contributed by atoms with E-state index in [4.69, 9.17) is 9.47 Å². The van der Waals surface area contributed by atoms with Crippen molar-refractivity contribution in [2.24, 2.45) is 0 Å². The molecule has 0 aliphatic carbocycles. The van der Waals surface area contributed by atoms with Crippen LogP contribution in [0.1, 0.15) is 226 Å². The first-order valence-corrected chi connectivity index (χ1v) is 24.5. The van der Waals surface area contributed by atoms with Gasteiger partial charge in [0.05, 0.1) is 25.4 Å². The molecule has 0 radical (unpaired) electrons. The first-order valence-electron chi connectivity index (χ1n) is 24.5. The number of hydrogen-bond donors (Lipinski definition) is 6. The summed E-state index contributed by atoms with van der Waals surface area (Å²) in [6.07, 6.45) is 40.7. The highest BCUT2D eigenvalue weighted by Crippen LogP contribution is 2.23. The third kappa shape index (κ3) is 29.8. The number of nitrogens with one attached hydrogen (secondary N) is 1. The van der Waals surface area contributed by atoms with Crippen LogP contribution < -0.4 is 5.32 Å². The highest BCUT2D eigenvalue weighted by Gasteiger charge is 2.44. The average Bonchev–Trinajstić information content (AvgIpc) is 3.22. The summed E-state index contributed by atoms with van der Waals surface area (Å²) in [5, 5.41) is 54.2. The van der Waals surface area contributed by atoms with E-state index in [2.05, 4.69) is 43.5 Å². The minimum absolute atomic E-state index is 0.136. The van der Waals surface area contributed by atoms with Gasteiger partial charge in [-0.2, -0.15) is 0 Å². The van der Waals surface area contributed by atoms with Gasteiger partial charge in [0.1, 0.15) is 24.4 Å². The third-order valence-electron chi connectivity index (χ3n) is 11.8. The smallest absolute Gasteiger partial charge is 0.220 e. The highest BCUT2D eigenvalue weighted by atomic mass is 16.7. The molecule has 0 aromatic rings. The van der Waals surface area contributed by atoms with Crippen LogP contribution in [0.3, 0.4) is 0 Å². The number of carbonyl (C=O) groups is 1. The number of rotatable bonds is 41. The van der Waals surface area contributed by atoms with Crippen LogP contribution in [0.15, 0.2) is 24.3 Å². The second-order valence-corrected chi connectivity index (χ2v) is 17.3. The van der Waals surface area contributed by atoms with E-state index in [-0.39, 0.29) is 12.5 Å². The number of aliphatic hydroxyl groups is 5. The molecular formula is C49H93NO8. The average molecular weight is 824 g/mol. The van der Waals surface area contributed by atoms with Crippen molar-refractivity contribution in [2.75, 3.05) is 13.2 Å². The number of hydrogen-bond acceptors (Lipinski definition) is 8. The van der Waals surface area contributed by atoms with Crippen molar-refractivity contribution < 1.29 is 39.8 Å². The van der Waals surface area contributed by atoms with E-state index in [9.17, 15) is 30.3 Å². The zero-order valence-electron chi connectivity index (χ0n) is 37.6. The van der Waals surface area contributed by atoms with E-state index in [1.807, 2.05) is 0 Å². The molecule has 1 heterocycles. The Bertz CT molecular complexity index is 961. The van der Waals surface area contributed by atoms with Gasteiger partial charge in [-0.3, -0.25) is 4.79 Å². The molecular weight excluding hydrogens is 731 g/mol. The molecule has 1 rings (SSSR count). The van der Waals surface area contributed by atoms with Crippen LogP contribution >= 0.6 is 0 Å². The molecule has 7 unspecified atom stereocenters. The third-order valence-corrected chi connectivity index (χ3v) is 11.8. The molecule has 6 N–H and O–H groups in total. The number of carbonyl (C=O) groups excluding carboxylic acids is 1. The quantitative estimate of drug-likeness (QED) is 0.0264. The molecule has 1 fully saturated rings. The lowest BCUT2D eigenvalue weighted by Crippen LogP contribution is -2.60. The molecule has 1 amide bonds. The number of aliphatic hydroxyl groups excluding tert-OH is 5. The Labute approximate surface area is 356 Å². The fourth-order valence-electron chi connectivity index (χ4n) is 7.84. The van der Waals surface area contributed by atoms with Gasteiger partial charge >= 0.3 is 0 Å². The van der Waals surface area contributed by atoms with E-state index in [0.717, 1.165) is 44.9 Å². The summed E-state index contributed by atoms with van der Waals surface area (Å²) in [5.74, 6) is -0.146. The van der Waals surface area contributed by atoms with Gasteiger partial charge in [0.2, 0.25) is 5.91 Å². The highest BCUT2D eigenvalue weighted by molar-refractivity contribution is 5.76. The molecule has 9 nitrogen and oxygen atoms in total. The maximum Gasteiger partial charge on any atom is 0.220 e. The Hall–Kier alpha value is -1.33. The number of amides is 1. The fourth-order valence-corrected chi connectivity index (χ4v) is 7.84. The van der Waals surface area contributed by atoms with Gasteiger partial charge in [-0.25, -0.2) is 0 Å². The predicted octanol–water partition coefficient (Wildman–Crippen LogP) is 10.7. The van der Waals surface area contributed by atoms with Crippen LogP contribution in [0.25, 0.3) is 0 Å². The van der Waals surface area contributed by atoms with Crippen molar-refractivity contribution in [3.8, 4) is 0 Å². The van der Waals surface area contributed by atoms with Gasteiger partial charge in [0.25, 0.3) is 0 Å². The number of unbranched alkanes of at least 4 members (excludes halogenated alkanes) is 27. The monoisotopic (exact) mass is 824 g/mol. The largest absolute Gasteiger partial charge is 0.394 e. The van der Waals surface area contributed by atoms with Crippen molar-refractivity contribution in [3.63, 3.8) is 0 Å². The lowest BCUT2D eigenvalue weighted by molar-refractivity contribution is -0.302. The number of ether oxygens (including phenoxy) is 2. The van der Waals surface area contributed by atoms with Crippen molar-refractivity contribution in [1.82, 2.24) is 5.32 Å². The normalized spacial score (nSPS) is 21.0. The van der Waals surface area contributed by atoms with Crippen molar-refractivity contribution >= 4 is 5.91 Å². The van der Waals surface area contributed by atoms with E-state index in [1.54, 1.807) is 0 Å². The topological polar surface area (TPSA) is 149 Å². The first kappa shape index (κ1) is 54.7. The summed E-state index contributed by atoms with van der Waals surface area (Å²) in [6, 6.07) is -0.714. The van der Waals surface area contributed by atoms with Crippen LogP contribution in [0.4, 0.5) is 0 Å². The molecule has 1 aliphatic rings. The van der Waals surface area contributed by atoms with Crippen LogP contribution in [0.2, 0.25) is 0 Å². The van der Waals surface area contributed by atoms with Crippen LogP contribution in [0.5, 0.6) is 0 Å². The SMILES string of the molecule is CCCCCCC/C=C\C/C=C\CCCCCCCCCCCCCCCCCC(=O)NC(COC1OC(CO)C(O)C(O)C1O)C(O)CCCCCCCCCC. The van der Waals surface area contributed by atoms with Gasteiger partial charge in [0.15, 0.2) is 6.29 Å². The first-order chi connectivity index (χ1) is 28.3. The second kappa shape index (κ2) is 39.8. The van der Waals surface area contributed by atoms with Gasteiger partial charge in [-0.05, 0) is 44.9 Å². The van der Waals surface area contributed by atoms with Gasteiger partial charge in [0, 0.05) is 6.42 Å². The molecule has 0 spiro atoms. The molecule has 9 heteroatoms. The van der Waals surface area contributed by atoms with Gasteiger partial charge in [-0.15, -0.1) is 0 Å². The lowest BCUT2D eigenvalue weighted by Gasteiger charge is -2.40. The van der Waals surface area contributed by atoms with Gasteiger partial charge < -0.3 is 40.3 Å². The zero-order valence-corrected chi connectivity index (χ0v) is 37.6. The van der Waals surface area contributed by atoms with Gasteiger partial charge in [-0.1, -0.05) is 199 Å². The standard InChI is InChI=1S/C49H93NO8/c1-3-5-7-9-11-13-14-15-16-17-18-19-20-21-22-23-24-25-26-27-28-29-30-31-33-35-37-39-45(53)50-42(43(52)38-36-34-32-12-10-8-6-4-2)41-57-49-48(56)47(55)46(54)44(40-51)58-49/h14-15,17-18,42-44,46-49,51-52,54-56H,3-13,16,19-41H2,1-2H3,(H,50,53)/b15-14-,18-17-. The Kier molecular flexibility index (Phi) is 37.5. The molecule has 1 saturated heterocycles. The molecule has 0 bridgehead atoms. The maximum atomic E-state index is 12.9. The molecule has 0 aromatic carbocycles. The molecule has 58 heavy (non-hydrogen) atoms. The summed E-state index contributed by atoms with van der Waals surface area (Å²) in [5.41, 5.74) is 0. The molecule has 0 aromatic heterocycles. The Morgan fingerprint density at radius 2 is 1.02 bits per heavy atom.